The van der Waals surface area contributed by atoms with Crippen LogP contribution in [0.4, 0.5) is 0 Å². The Kier molecular flexibility index (Phi) is 5.29. The SMILES string of the molecule is NC[C@@H](N)C(=O)N[C@H](Cc1ccccc1)C(=O)O. The first-order chi connectivity index (χ1) is 8.54. The summed E-state index contributed by atoms with van der Waals surface area (Å²) in [6, 6.07) is 7.15. The number of benzene rings is 1. The largest absolute Gasteiger partial charge is 0.480 e. The summed E-state index contributed by atoms with van der Waals surface area (Å²) in [4.78, 5) is 22.6. The van der Waals surface area contributed by atoms with Crippen LogP contribution in [0.25, 0.3) is 0 Å². The zero-order valence-electron chi connectivity index (χ0n) is 9.87. The van der Waals surface area contributed by atoms with E-state index < -0.39 is 24.0 Å². The third-order valence-electron chi connectivity index (χ3n) is 2.49. The minimum atomic E-state index is -1.10. The van der Waals surface area contributed by atoms with Crippen LogP contribution in [0.15, 0.2) is 30.3 Å². The zero-order valence-corrected chi connectivity index (χ0v) is 9.87. The summed E-state index contributed by atoms with van der Waals surface area (Å²) in [7, 11) is 0. The third-order valence-corrected chi connectivity index (χ3v) is 2.49. The number of aliphatic carboxylic acids is 1. The Labute approximate surface area is 105 Å². The van der Waals surface area contributed by atoms with Gasteiger partial charge in [-0.1, -0.05) is 30.3 Å². The number of carboxylic acid groups (broad SMARTS) is 1. The lowest BCUT2D eigenvalue weighted by Gasteiger charge is -2.17. The highest BCUT2D eigenvalue weighted by Gasteiger charge is 2.22. The Bertz CT molecular complexity index is 408. The zero-order chi connectivity index (χ0) is 13.5. The number of hydrogen-bond donors (Lipinski definition) is 4. The van der Waals surface area contributed by atoms with Crippen LogP contribution < -0.4 is 16.8 Å². The number of nitrogens with two attached hydrogens (primary N) is 2. The summed E-state index contributed by atoms with van der Waals surface area (Å²) < 4.78 is 0. The summed E-state index contributed by atoms with van der Waals surface area (Å²) in [5.41, 5.74) is 11.5. The van der Waals surface area contributed by atoms with Gasteiger partial charge in [0.1, 0.15) is 6.04 Å². The van der Waals surface area contributed by atoms with Gasteiger partial charge in [-0.3, -0.25) is 4.79 Å². The highest BCUT2D eigenvalue weighted by atomic mass is 16.4. The van der Waals surface area contributed by atoms with Crippen molar-refractivity contribution < 1.29 is 14.7 Å². The van der Waals surface area contributed by atoms with Gasteiger partial charge < -0.3 is 21.9 Å². The minimum absolute atomic E-state index is 0.0243. The number of carbonyl (C=O) groups excluding carboxylic acids is 1. The van der Waals surface area contributed by atoms with Crippen molar-refractivity contribution in [2.75, 3.05) is 6.54 Å². The second-order valence-electron chi connectivity index (χ2n) is 3.93. The van der Waals surface area contributed by atoms with Crippen molar-refractivity contribution in [2.45, 2.75) is 18.5 Å². The number of nitrogens with one attached hydrogen (secondary N) is 1. The Morgan fingerprint density at radius 1 is 1.28 bits per heavy atom. The van der Waals surface area contributed by atoms with Crippen LogP contribution >= 0.6 is 0 Å². The standard InChI is InChI=1S/C12H17N3O3/c13-7-9(14)11(16)15-10(12(17)18)6-8-4-2-1-3-5-8/h1-5,9-10H,6-7,13-14H2,(H,15,16)(H,17,18)/t9-,10-/m1/s1. The Balaban J connectivity index is 2.67. The average Bonchev–Trinajstić information content (AvgIpc) is 2.37. The fourth-order valence-electron chi connectivity index (χ4n) is 1.44. The molecule has 2 atom stereocenters. The molecule has 0 spiro atoms. The maximum Gasteiger partial charge on any atom is 0.326 e. The van der Waals surface area contributed by atoms with Gasteiger partial charge in [-0.25, -0.2) is 4.79 Å². The molecule has 1 amide bonds. The van der Waals surface area contributed by atoms with Gasteiger partial charge in [-0.15, -0.1) is 0 Å². The fraction of sp³-hybridized carbons (Fsp3) is 0.333. The van der Waals surface area contributed by atoms with E-state index in [-0.39, 0.29) is 13.0 Å². The molecule has 0 unspecified atom stereocenters. The predicted molar refractivity (Wildman–Crippen MR) is 66.7 cm³/mol. The molecule has 6 N–H and O–H groups in total. The lowest BCUT2D eigenvalue weighted by molar-refractivity contribution is -0.141. The topological polar surface area (TPSA) is 118 Å². The highest BCUT2D eigenvalue weighted by Crippen LogP contribution is 2.03. The Morgan fingerprint density at radius 3 is 2.39 bits per heavy atom. The van der Waals surface area contributed by atoms with Crippen molar-refractivity contribution in [1.82, 2.24) is 5.32 Å². The Morgan fingerprint density at radius 2 is 1.89 bits per heavy atom. The van der Waals surface area contributed by atoms with Gasteiger partial charge in [0.25, 0.3) is 0 Å². The number of hydrogen-bond acceptors (Lipinski definition) is 4. The van der Waals surface area contributed by atoms with E-state index in [1.807, 2.05) is 18.2 Å². The molecule has 0 aliphatic carbocycles. The molecule has 0 saturated carbocycles. The minimum Gasteiger partial charge on any atom is -0.480 e. The first-order valence-electron chi connectivity index (χ1n) is 5.57. The first kappa shape index (κ1) is 14.1. The van der Waals surface area contributed by atoms with Crippen molar-refractivity contribution in [3.63, 3.8) is 0 Å². The van der Waals surface area contributed by atoms with Crippen molar-refractivity contribution >= 4 is 11.9 Å². The summed E-state index contributed by atoms with van der Waals surface area (Å²) >= 11 is 0. The van der Waals surface area contributed by atoms with Crippen LogP contribution in [0.1, 0.15) is 5.56 Å². The summed E-state index contributed by atoms with van der Waals surface area (Å²) in [6.45, 7) is -0.0243. The summed E-state index contributed by atoms with van der Waals surface area (Å²) in [5, 5.41) is 11.4. The predicted octanol–water partition coefficient (Wildman–Crippen LogP) is -0.915. The molecule has 1 rings (SSSR count). The molecule has 0 heterocycles. The van der Waals surface area contributed by atoms with Crippen LogP contribution in [-0.2, 0) is 16.0 Å². The van der Waals surface area contributed by atoms with Crippen molar-refractivity contribution in [3.8, 4) is 0 Å². The number of carbonyl (C=O) groups is 2. The van der Waals surface area contributed by atoms with Gasteiger partial charge in [0.05, 0.1) is 6.04 Å². The van der Waals surface area contributed by atoms with Crippen LogP contribution in [0.5, 0.6) is 0 Å². The quantitative estimate of drug-likeness (QED) is 0.521. The highest BCUT2D eigenvalue weighted by molar-refractivity contribution is 5.87. The molecule has 6 heteroatoms. The molecule has 0 bridgehead atoms. The van der Waals surface area contributed by atoms with Gasteiger partial charge in [-0.05, 0) is 5.56 Å². The lowest BCUT2D eigenvalue weighted by atomic mass is 10.1. The molecule has 1 aromatic rings. The molecule has 98 valence electrons. The molecule has 0 aliphatic rings. The molecule has 0 fully saturated rings. The smallest absolute Gasteiger partial charge is 0.326 e. The van der Waals surface area contributed by atoms with Gasteiger partial charge in [0, 0.05) is 13.0 Å². The summed E-state index contributed by atoms with van der Waals surface area (Å²) in [6.07, 6.45) is 0.208. The van der Waals surface area contributed by atoms with Crippen LogP contribution in [0.2, 0.25) is 0 Å². The van der Waals surface area contributed by atoms with Crippen molar-refractivity contribution in [1.29, 1.82) is 0 Å². The van der Waals surface area contributed by atoms with E-state index in [1.165, 1.54) is 0 Å². The molecule has 6 nitrogen and oxygen atoms in total. The van der Waals surface area contributed by atoms with Gasteiger partial charge in [0.15, 0.2) is 0 Å². The van der Waals surface area contributed by atoms with Gasteiger partial charge >= 0.3 is 5.97 Å². The van der Waals surface area contributed by atoms with Gasteiger partial charge in [0.2, 0.25) is 5.91 Å². The molecular formula is C12H17N3O3. The second kappa shape index (κ2) is 6.73. The molecule has 0 aromatic heterocycles. The van der Waals surface area contributed by atoms with E-state index in [9.17, 15) is 9.59 Å². The van der Waals surface area contributed by atoms with E-state index in [0.29, 0.717) is 0 Å². The van der Waals surface area contributed by atoms with E-state index in [4.69, 9.17) is 16.6 Å². The molecule has 18 heavy (non-hydrogen) atoms. The first-order valence-corrected chi connectivity index (χ1v) is 5.57. The van der Waals surface area contributed by atoms with Crippen LogP contribution in [-0.4, -0.2) is 35.6 Å². The normalized spacial score (nSPS) is 13.7. The average molecular weight is 251 g/mol. The molecule has 1 aromatic carbocycles. The van der Waals surface area contributed by atoms with Crippen LogP contribution in [0.3, 0.4) is 0 Å². The van der Waals surface area contributed by atoms with Crippen molar-refractivity contribution in [3.05, 3.63) is 35.9 Å². The van der Waals surface area contributed by atoms with E-state index in [1.54, 1.807) is 12.1 Å². The number of amides is 1. The van der Waals surface area contributed by atoms with Crippen LogP contribution in [0, 0.1) is 0 Å². The third kappa shape index (κ3) is 4.15. The molecule has 0 saturated heterocycles. The monoisotopic (exact) mass is 251 g/mol. The molecule has 0 radical (unpaired) electrons. The maximum absolute atomic E-state index is 11.5. The number of rotatable bonds is 6. The maximum atomic E-state index is 11.5. The van der Waals surface area contributed by atoms with E-state index in [0.717, 1.165) is 5.56 Å². The van der Waals surface area contributed by atoms with Crippen molar-refractivity contribution in [2.24, 2.45) is 11.5 Å². The fourth-order valence-corrected chi connectivity index (χ4v) is 1.44. The van der Waals surface area contributed by atoms with E-state index >= 15 is 0 Å². The lowest BCUT2D eigenvalue weighted by Crippen LogP contribution is -2.51. The van der Waals surface area contributed by atoms with Gasteiger partial charge in [-0.2, -0.15) is 0 Å². The molecule has 0 aliphatic heterocycles. The molecular weight excluding hydrogens is 234 g/mol. The van der Waals surface area contributed by atoms with E-state index in [2.05, 4.69) is 5.32 Å². The second-order valence-corrected chi connectivity index (χ2v) is 3.93. The summed E-state index contributed by atoms with van der Waals surface area (Å²) in [5.74, 6) is -1.66. The Hall–Kier alpha value is -1.92. The number of carboxylic acids is 1.